The molecule has 1 saturated heterocycles. The molecule has 2 rings (SSSR count). The molecule has 1 aliphatic heterocycles. The number of rotatable bonds is 5. The maximum Gasteiger partial charge on any atom is 0.132 e. The van der Waals surface area contributed by atoms with Crippen LogP contribution in [0.2, 0.25) is 0 Å². The van der Waals surface area contributed by atoms with E-state index in [9.17, 15) is 4.79 Å². The molecule has 0 aromatic rings. The van der Waals surface area contributed by atoms with Crippen LogP contribution >= 0.6 is 0 Å². The minimum atomic E-state index is 0.469. The van der Waals surface area contributed by atoms with Crippen LogP contribution in [0.25, 0.3) is 0 Å². The van der Waals surface area contributed by atoms with Gasteiger partial charge in [-0.3, -0.25) is 4.79 Å². The van der Waals surface area contributed by atoms with Crippen molar-refractivity contribution >= 4 is 5.78 Å². The van der Waals surface area contributed by atoms with Crippen molar-refractivity contribution in [3.8, 4) is 0 Å². The number of carbonyl (C=O) groups is 1. The van der Waals surface area contributed by atoms with Crippen molar-refractivity contribution in [2.45, 2.75) is 44.9 Å². The third kappa shape index (κ3) is 4.69. The third-order valence-electron chi connectivity index (χ3n) is 4.55. The Bertz CT molecular complexity index is 257. The largest absolute Gasteiger partial charge is 0.316 e. The van der Waals surface area contributed by atoms with Crippen molar-refractivity contribution in [1.82, 2.24) is 10.2 Å². The molecule has 18 heavy (non-hydrogen) atoms. The van der Waals surface area contributed by atoms with Gasteiger partial charge in [0.15, 0.2) is 0 Å². The molecule has 1 atom stereocenters. The van der Waals surface area contributed by atoms with Crippen molar-refractivity contribution < 1.29 is 4.79 Å². The summed E-state index contributed by atoms with van der Waals surface area (Å²) in [6.45, 7) is 4.83. The highest BCUT2D eigenvalue weighted by molar-refractivity contribution is 5.79. The second-order valence-corrected chi connectivity index (χ2v) is 6.25. The molecule has 2 aliphatic rings. The van der Waals surface area contributed by atoms with Gasteiger partial charge in [-0.05, 0) is 70.6 Å². The number of Topliss-reactive ketones (excluding diaryl/α,β-unsaturated/α-hetero) is 1. The first-order valence-electron chi connectivity index (χ1n) is 7.65. The maximum atomic E-state index is 11.2. The zero-order chi connectivity index (χ0) is 12.8. The van der Waals surface area contributed by atoms with Gasteiger partial charge in [0.1, 0.15) is 5.78 Å². The van der Waals surface area contributed by atoms with E-state index in [2.05, 4.69) is 17.3 Å². The van der Waals surface area contributed by atoms with E-state index in [1.165, 1.54) is 32.4 Å². The van der Waals surface area contributed by atoms with E-state index >= 15 is 0 Å². The van der Waals surface area contributed by atoms with Gasteiger partial charge in [-0.25, -0.2) is 0 Å². The summed E-state index contributed by atoms with van der Waals surface area (Å²) in [4.78, 5) is 13.6. The highest BCUT2D eigenvalue weighted by Gasteiger charge is 2.19. The Balaban J connectivity index is 1.52. The van der Waals surface area contributed by atoms with E-state index in [1.54, 1.807) is 0 Å². The number of ketones is 1. The van der Waals surface area contributed by atoms with Crippen LogP contribution in [0.15, 0.2) is 0 Å². The van der Waals surface area contributed by atoms with Crippen molar-refractivity contribution in [1.29, 1.82) is 0 Å². The molecule has 0 bridgehead atoms. The van der Waals surface area contributed by atoms with E-state index in [0.29, 0.717) is 5.78 Å². The average Bonchev–Trinajstić information content (AvgIpc) is 2.37. The van der Waals surface area contributed by atoms with Gasteiger partial charge in [0, 0.05) is 19.4 Å². The number of piperidine rings is 1. The molecule has 1 heterocycles. The molecule has 104 valence electrons. The van der Waals surface area contributed by atoms with Gasteiger partial charge in [-0.2, -0.15) is 0 Å². The predicted octanol–water partition coefficient (Wildman–Crippen LogP) is 2.07. The molecule has 0 radical (unpaired) electrons. The predicted molar refractivity (Wildman–Crippen MR) is 74.7 cm³/mol. The van der Waals surface area contributed by atoms with Gasteiger partial charge in [-0.1, -0.05) is 0 Å². The number of likely N-dealkylation sites (tertiary alicyclic amines) is 1. The van der Waals surface area contributed by atoms with Gasteiger partial charge < -0.3 is 10.2 Å². The molecule has 0 aromatic heterocycles. The van der Waals surface area contributed by atoms with Gasteiger partial charge in [0.2, 0.25) is 0 Å². The lowest BCUT2D eigenvalue weighted by Gasteiger charge is -2.30. The second-order valence-electron chi connectivity index (χ2n) is 6.25. The van der Waals surface area contributed by atoms with Gasteiger partial charge in [0.05, 0.1) is 0 Å². The molecule has 0 amide bonds. The molecule has 3 heteroatoms. The number of hydrogen-bond donors (Lipinski definition) is 1. The first-order chi connectivity index (χ1) is 8.74. The molecule has 1 aliphatic carbocycles. The van der Waals surface area contributed by atoms with E-state index in [0.717, 1.165) is 50.6 Å². The quantitative estimate of drug-likeness (QED) is 0.760. The molecule has 2 fully saturated rings. The lowest BCUT2D eigenvalue weighted by molar-refractivity contribution is -0.120. The van der Waals surface area contributed by atoms with Crippen molar-refractivity contribution in [3.05, 3.63) is 0 Å². The third-order valence-corrected chi connectivity index (χ3v) is 4.55. The molecule has 1 unspecified atom stereocenters. The fourth-order valence-electron chi connectivity index (χ4n) is 3.32. The van der Waals surface area contributed by atoms with Gasteiger partial charge >= 0.3 is 0 Å². The first kappa shape index (κ1) is 14.0. The fourth-order valence-corrected chi connectivity index (χ4v) is 3.32. The number of nitrogens with one attached hydrogen (secondary N) is 1. The van der Waals surface area contributed by atoms with E-state index in [-0.39, 0.29) is 0 Å². The summed E-state index contributed by atoms with van der Waals surface area (Å²) in [5.41, 5.74) is 0. The highest BCUT2D eigenvalue weighted by Crippen LogP contribution is 2.21. The Morgan fingerprint density at radius 2 is 2.00 bits per heavy atom. The lowest BCUT2D eigenvalue weighted by Crippen LogP contribution is -2.34. The van der Waals surface area contributed by atoms with Crippen LogP contribution in [0.1, 0.15) is 44.9 Å². The summed E-state index contributed by atoms with van der Waals surface area (Å²) in [7, 11) is 2.23. The summed E-state index contributed by atoms with van der Waals surface area (Å²) in [6.07, 6.45) is 7.95. The van der Waals surface area contributed by atoms with Crippen LogP contribution in [0.4, 0.5) is 0 Å². The van der Waals surface area contributed by atoms with Crippen LogP contribution in [0, 0.1) is 11.8 Å². The Morgan fingerprint density at radius 1 is 1.22 bits per heavy atom. The van der Waals surface area contributed by atoms with Crippen LogP contribution in [-0.4, -0.2) is 43.9 Å². The van der Waals surface area contributed by atoms with Gasteiger partial charge in [-0.15, -0.1) is 0 Å². The molecular weight excluding hydrogens is 224 g/mol. The van der Waals surface area contributed by atoms with Crippen LogP contribution < -0.4 is 5.32 Å². The van der Waals surface area contributed by atoms with Crippen molar-refractivity contribution in [3.63, 3.8) is 0 Å². The summed E-state index contributed by atoms with van der Waals surface area (Å²) in [5.74, 6) is 2.11. The molecular formula is C15H28N2O. The second kappa shape index (κ2) is 7.25. The minimum Gasteiger partial charge on any atom is -0.316 e. The van der Waals surface area contributed by atoms with E-state index in [1.807, 2.05) is 0 Å². The van der Waals surface area contributed by atoms with Gasteiger partial charge in [0.25, 0.3) is 0 Å². The molecule has 0 aromatic carbocycles. The highest BCUT2D eigenvalue weighted by atomic mass is 16.1. The standard InChI is InChI=1S/C15H28N2O/c1-17-10-2-3-14(12-17)8-9-16-11-13-4-6-15(18)7-5-13/h13-14,16H,2-12H2,1H3. The molecule has 0 spiro atoms. The minimum absolute atomic E-state index is 0.469. The maximum absolute atomic E-state index is 11.2. The monoisotopic (exact) mass is 252 g/mol. The smallest absolute Gasteiger partial charge is 0.132 e. The SMILES string of the molecule is CN1CCCC(CCNCC2CCC(=O)CC2)C1. The van der Waals surface area contributed by atoms with E-state index in [4.69, 9.17) is 0 Å². The molecule has 1 saturated carbocycles. The number of carbonyl (C=O) groups excluding carboxylic acids is 1. The Labute approximate surface area is 111 Å². The molecule has 3 nitrogen and oxygen atoms in total. The number of hydrogen-bond acceptors (Lipinski definition) is 3. The Morgan fingerprint density at radius 3 is 2.72 bits per heavy atom. The van der Waals surface area contributed by atoms with Crippen molar-refractivity contribution in [2.75, 3.05) is 33.2 Å². The van der Waals surface area contributed by atoms with Crippen LogP contribution in [0.5, 0.6) is 0 Å². The summed E-state index contributed by atoms with van der Waals surface area (Å²) in [5, 5.41) is 3.60. The van der Waals surface area contributed by atoms with Crippen molar-refractivity contribution in [2.24, 2.45) is 11.8 Å². The zero-order valence-electron chi connectivity index (χ0n) is 11.8. The normalized spacial score (nSPS) is 27.6. The Kier molecular flexibility index (Phi) is 5.64. The first-order valence-corrected chi connectivity index (χ1v) is 7.65. The van der Waals surface area contributed by atoms with E-state index < -0.39 is 0 Å². The molecule has 1 N–H and O–H groups in total. The summed E-state index contributed by atoms with van der Waals surface area (Å²) >= 11 is 0. The Hall–Kier alpha value is -0.410. The lowest BCUT2D eigenvalue weighted by atomic mass is 9.88. The average molecular weight is 252 g/mol. The topological polar surface area (TPSA) is 32.3 Å². The summed E-state index contributed by atoms with van der Waals surface area (Å²) in [6, 6.07) is 0. The van der Waals surface area contributed by atoms with Crippen LogP contribution in [-0.2, 0) is 4.79 Å². The fraction of sp³-hybridized carbons (Fsp3) is 0.933. The summed E-state index contributed by atoms with van der Waals surface area (Å²) < 4.78 is 0. The van der Waals surface area contributed by atoms with Crippen LogP contribution in [0.3, 0.4) is 0 Å². The zero-order valence-corrected chi connectivity index (χ0v) is 11.8. The number of nitrogens with zero attached hydrogens (tertiary/aromatic N) is 1.